The summed E-state index contributed by atoms with van der Waals surface area (Å²) in [6.45, 7) is 0. The van der Waals surface area contributed by atoms with E-state index in [0.717, 1.165) is 82.8 Å². The van der Waals surface area contributed by atoms with Gasteiger partial charge in [0.15, 0.2) is 11.2 Å². The van der Waals surface area contributed by atoms with Crippen LogP contribution in [-0.4, -0.2) is 9.55 Å². The normalized spacial score (nSPS) is 12.2. The lowest BCUT2D eigenvalue weighted by atomic mass is 9.99. The maximum Gasteiger partial charge on any atom is 0.162 e. The maximum absolute atomic E-state index is 6.54. The van der Waals surface area contributed by atoms with Crippen molar-refractivity contribution in [3.8, 4) is 16.8 Å². The number of fused-ring (bicyclic) bond motifs is 11. The van der Waals surface area contributed by atoms with Crippen molar-refractivity contribution < 1.29 is 8.83 Å². The van der Waals surface area contributed by atoms with Crippen LogP contribution in [0, 0.1) is 0 Å². The molecule has 0 spiro atoms. The molecule has 0 aliphatic heterocycles. The summed E-state index contributed by atoms with van der Waals surface area (Å²) in [5.41, 5.74) is 10.8. The fraction of sp³-hybridized carbons (Fsp3) is 0. The lowest BCUT2D eigenvalue weighted by Crippen LogP contribution is -1.94. The highest BCUT2D eigenvalue weighted by Crippen LogP contribution is 2.42. The molecule has 0 radical (unpaired) electrons. The predicted octanol–water partition coefficient (Wildman–Crippen LogP) is 10.8. The van der Waals surface area contributed by atoms with Gasteiger partial charge in [-0.05, 0) is 54.1 Å². The summed E-state index contributed by atoms with van der Waals surface area (Å²) in [6, 6.07) is 46.5. The molecular formula is C39H22N2O2. The van der Waals surface area contributed by atoms with Crippen LogP contribution >= 0.6 is 0 Å². The first-order valence-corrected chi connectivity index (χ1v) is 14.5. The van der Waals surface area contributed by atoms with Crippen molar-refractivity contribution >= 4 is 76.7 Å². The SMILES string of the molecule is c1ccc2c(-c3ccc(-n4c5ccccc5c5ccc6c7ccccc7oc6c54)cc3)c3oc4ccccc4c3nc2c1. The van der Waals surface area contributed by atoms with E-state index < -0.39 is 0 Å². The molecule has 0 aliphatic carbocycles. The summed E-state index contributed by atoms with van der Waals surface area (Å²) in [7, 11) is 0. The zero-order valence-corrected chi connectivity index (χ0v) is 22.9. The van der Waals surface area contributed by atoms with Crippen LogP contribution in [0.4, 0.5) is 0 Å². The quantitative estimate of drug-likeness (QED) is 0.215. The minimum atomic E-state index is 0.813. The molecule has 6 aromatic carbocycles. The number of furan rings is 2. The van der Waals surface area contributed by atoms with Crippen LogP contribution in [0.3, 0.4) is 0 Å². The van der Waals surface area contributed by atoms with Crippen molar-refractivity contribution in [2.75, 3.05) is 0 Å². The number of para-hydroxylation sites is 4. The molecule has 0 N–H and O–H groups in total. The Bertz CT molecular complexity index is 2720. The lowest BCUT2D eigenvalue weighted by Gasteiger charge is -2.11. The Morgan fingerprint density at radius 2 is 1.09 bits per heavy atom. The van der Waals surface area contributed by atoms with Crippen molar-refractivity contribution in [2.45, 2.75) is 0 Å². The highest BCUT2D eigenvalue weighted by atomic mass is 16.3. The van der Waals surface area contributed by atoms with Gasteiger partial charge >= 0.3 is 0 Å². The van der Waals surface area contributed by atoms with Gasteiger partial charge in [-0.25, -0.2) is 4.98 Å². The standard InChI is InChI=1S/C39H22N2O2/c1-5-13-31-29(11-1)35(39-36(40-31)30-12-4-8-16-34(30)43-39)23-17-19-24(20-18-23)41-32-14-6-2-9-25(32)27-21-22-28-26-10-3-7-15-33(26)42-38(28)37(27)41/h1-22H. The molecule has 4 nitrogen and oxygen atoms in total. The van der Waals surface area contributed by atoms with Crippen molar-refractivity contribution in [3.05, 3.63) is 133 Å². The third-order valence-electron chi connectivity index (χ3n) is 8.80. The van der Waals surface area contributed by atoms with E-state index in [0.29, 0.717) is 0 Å². The van der Waals surface area contributed by atoms with Gasteiger partial charge in [0.2, 0.25) is 0 Å². The second-order valence-corrected chi connectivity index (χ2v) is 11.1. The van der Waals surface area contributed by atoms with E-state index in [1.54, 1.807) is 0 Å². The number of aromatic nitrogens is 2. The zero-order chi connectivity index (χ0) is 28.1. The molecule has 0 bridgehead atoms. The van der Waals surface area contributed by atoms with Crippen LogP contribution < -0.4 is 0 Å². The average molecular weight is 551 g/mol. The van der Waals surface area contributed by atoms with E-state index in [2.05, 4.69) is 102 Å². The Hall–Kier alpha value is -5.87. The summed E-state index contributed by atoms with van der Waals surface area (Å²) in [5.74, 6) is 0. The molecule has 4 heterocycles. The molecular weight excluding hydrogens is 528 g/mol. The first-order chi connectivity index (χ1) is 21.3. The Morgan fingerprint density at radius 3 is 1.93 bits per heavy atom. The fourth-order valence-corrected chi connectivity index (χ4v) is 6.90. The number of hydrogen-bond donors (Lipinski definition) is 0. The van der Waals surface area contributed by atoms with Crippen LogP contribution in [0.25, 0.3) is 93.5 Å². The largest absolute Gasteiger partial charge is 0.454 e. The molecule has 43 heavy (non-hydrogen) atoms. The van der Waals surface area contributed by atoms with Crippen molar-refractivity contribution in [1.29, 1.82) is 0 Å². The van der Waals surface area contributed by atoms with E-state index in [1.807, 2.05) is 36.4 Å². The molecule has 0 aliphatic rings. The molecule has 4 aromatic heterocycles. The number of pyridine rings is 1. The van der Waals surface area contributed by atoms with Gasteiger partial charge in [-0.1, -0.05) is 84.9 Å². The second-order valence-electron chi connectivity index (χ2n) is 11.1. The van der Waals surface area contributed by atoms with Crippen molar-refractivity contribution in [2.24, 2.45) is 0 Å². The third-order valence-corrected chi connectivity index (χ3v) is 8.80. The van der Waals surface area contributed by atoms with Crippen molar-refractivity contribution in [1.82, 2.24) is 9.55 Å². The molecule has 200 valence electrons. The predicted molar refractivity (Wildman–Crippen MR) is 176 cm³/mol. The van der Waals surface area contributed by atoms with Crippen LogP contribution in [0.5, 0.6) is 0 Å². The molecule has 0 fully saturated rings. The first kappa shape index (κ1) is 22.8. The zero-order valence-electron chi connectivity index (χ0n) is 22.9. The first-order valence-electron chi connectivity index (χ1n) is 14.5. The van der Waals surface area contributed by atoms with Gasteiger partial charge in [0.25, 0.3) is 0 Å². The van der Waals surface area contributed by atoms with Crippen LogP contribution in [0.2, 0.25) is 0 Å². The average Bonchev–Trinajstić information content (AvgIpc) is 3.73. The van der Waals surface area contributed by atoms with Crippen LogP contribution in [0.1, 0.15) is 0 Å². The van der Waals surface area contributed by atoms with Gasteiger partial charge in [-0.3, -0.25) is 0 Å². The molecule has 0 amide bonds. The molecule has 0 saturated heterocycles. The highest BCUT2D eigenvalue weighted by molar-refractivity contribution is 6.21. The summed E-state index contributed by atoms with van der Waals surface area (Å²) in [5, 5.41) is 6.73. The molecule has 0 atom stereocenters. The molecule has 4 heteroatoms. The van der Waals surface area contributed by atoms with Crippen molar-refractivity contribution in [3.63, 3.8) is 0 Å². The van der Waals surface area contributed by atoms with E-state index >= 15 is 0 Å². The molecule has 0 unspecified atom stereocenters. The Balaban J connectivity index is 1.26. The second kappa shape index (κ2) is 8.34. The summed E-state index contributed by atoms with van der Waals surface area (Å²) >= 11 is 0. The molecule has 0 saturated carbocycles. The number of hydrogen-bond acceptors (Lipinski definition) is 3. The minimum absolute atomic E-state index is 0.813. The van der Waals surface area contributed by atoms with Gasteiger partial charge < -0.3 is 13.4 Å². The number of benzene rings is 6. The minimum Gasteiger partial charge on any atom is -0.454 e. The van der Waals surface area contributed by atoms with Gasteiger partial charge in [-0.2, -0.15) is 0 Å². The van der Waals surface area contributed by atoms with E-state index in [4.69, 9.17) is 13.8 Å². The van der Waals surface area contributed by atoms with Gasteiger partial charge in [-0.15, -0.1) is 0 Å². The molecule has 10 aromatic rings. The van der Waals surface area contributed by atoms with Gasteiger partial charge in [0.05, 0.1) is 16.6 Å². The van der Waals surface area contributed by atoms with E-state index in [1.165, 1.54) is 10.8 Å². The van der Waals surface area contributed by atoms with Crippen LogP contribution in [-0.2, 0) is 0 Å². The lowest BCUT2D eigenvalue weighted by molar-refractivity contribution is 0.670. The van der Waals surface area contributed by atoms with Gasteiger partial charge in [0, 0.05) is 43.6 Å². The summed E-state index contributed by atoms with van der Waals surface area (Å²) in [4.78, 5) is 5.02. The smallest absolute Gasteiger partial charge is 0.162 e. The van der Waals surface area contributed by atoms with E-state index in [9.17, 15) is 0 Å². The summed E-state index contributed by atoms with van der Waals surface area (Å²) < 4.78 is 15.3. The topological polar surface area (TPSA) is 44.1 Å². The third kappa shape index (κ3) is 3.07. The monoisotopic (exact) mass is 550 g/mol. The van der Waals surface area contributed by atoms with E-state index in [-0.39, 0.29) is 0 Å². The Morgan fingerprint density at radius 1 is 0.465 bits per heavy atom. The Kier molecular flexibility index (Phi) is 4.42. The maximum atomic E-state index is 6.54. The Labute approximate surface area is 245 Å². The van der Waals surface area contributed by atoms with Crippen LogP contribution in [0.15, 0.2) is 142 Å². The highest BCUT2D eigenvalue weighted by Gasteiger charge is 2.20. The molecule has 10 rings (SSSR count). The summed E-state index contributed by atoms with van der Waals surface area (Å²) in [6.07, 6.45) is 0. The van der Waals surface area contributed by atoms with Gasteiger partial charge in [0.1, 0.15) is 16.7 Å². The fourth-order valence-electron chi connectivity index (χ4n) is 6.90. The number of nitrogens with zero attached hydrogens (tertiary/aromatic N) is 2. The number of rotatable bonds is 2.